The van der Waals surface area contributed by atoms with E-state index < -0.39 is 4.92 Å². The van der Waals surface area contributed by atoms with Crippen LogP contribution in [0.15, 0.2) is 89.6 Å². The number of halogens is 1. The van der Waals surface area contributed by atoms with Crippen LogP contribution in [0.3, 0.4) is 0 Å². The maximum absolute atomic E-state index is 13.4. The highest BCUT2D eigenvalue weighted by Gasteiger charge is 2.35. The van der Waals surface area contributed by atoms with Gasteiger partial charge in [-0.1, -0.05) is 60.1 Å². The van der Waals surface area contributed by atoms with Crippen molar-refractivity contribution >= 4 is 62.2 Å². The third-order valence-electron chi connectivity index (χ3n) is 5.04. The van der Waals surface area contributed by atoms with Crippen molar-refractivity contribution in [1.29, 1.82) is 0 Å². The molecule has 32 heavy (non-hydrogen) atoms. The highest BCUT2D eigenvalue weighted by atomic mass is 35.5. The van der Waals surface area contributed by atoms with E-state index in [2.05, 4.69) is 4.99 Å². The molecule has 1 aliphatic heterocycles. The Morgan fingerprint density at radius 1 is 0.969 bits per heavy atom. The van der Waals surface area contributed by atoms with Crippen molar-refractivity contribution in [2.75, 3.05) is 4.90 Å². The molecule has 4 aromatic rings. The van der Waals surface area contributed by atoms with Crippen molar-refractivity contribution < 1.29 is 9.72 Å². The number of benzene rings is 3. The first-order chi connectivity index (χ1) is 15.5. The van der Waals surface area contributed by atoms with Crippen LogP contribution >= 0.6 is 22.9 Å². The summed E-state index contributed by atoms with van der Waals surface area (Å²) in [5, 5.41) is 12.8. The molecule has 156 valence electrons. The van der Waals surface area contributed by atoms with Crippen LogP contribution in [-0.2, 0) is 4.79 Å². The average molecular weight is 460 g/mol. The fourth-order valence-electron chi connectivity index (χ4n) is 3.57. The van der Waals surface area contributed by atoms with Crippen LogP contribution in [0.4, 0.5) is 11.4 Å². The third-order valence-corrected chi connectivity index (χ3v) is 6.71. The number of carbonyl (C=O) groups is 1. The second-order valence-corrected chi connectivity index (χ2v) is 8.43. The van der Waals surface area contributed by atoms with Crippen LogP contribution in [0.5, 0.6) is 0 Å². The number of hydrogen-bond acceptors (Lipinski definition) is 5. The molecular formula is C24H14ClN3O3S. The van der Waals surface area contributed by atoms with Gasteiger partial charge in [-0.2, -0.15) is 0 Å². The Morgan fingerprint density at radius 3 is 2.41 bits per heavy atom. The minimum absolute atomic E-state index is 0.0948. The topological polar surface area (TPSA) is 75.8 Å². The minimum Gasteiger partial charge on any atom is -0.266 e. The van der Waals surface area contributed by atoms with Gasteiger partial charge in [0.25, 0.3) is 11.6 Å². The molecule has 0 fully saturated rings. The standard InChI is InChI=1S/C24H14ClN3O3S/c25-21-17-11-5-7-13-20(17)32-22(21)23-26-18(14-15-8-4-6-12-19(15)28(30)31)24(29)27(23)16-9-2-1-3-10-16/h1-14H/b18-14+. The Morgan fingerprint density at radius 2 is 1.66 bits per heavy atom. The van der Waals surface area contributed by atoms with Gasteiger partial charge in [0.05, 0.1) is 26.1 Å². The van der Waals surface area contributed by atoms with Crippen molar-refractivity contribution in [2.24, 2.45) is 4.99 Å². The van der Waals surface area contributed by atoms with Crippen molar-refractivity contribution in [2.45, 2.75) is 0 Å². The molecule has 0 bridgehead atoms. The fourth-order valence-corrected chi connectivity index (χ4v) is 5.06. The highest BCUT2D eigenvalue weighted by molar-refractivity contribution is 7.21. The molecule has 0 saturated heterocycles. The zero-order valence-electron chi connectivity index (χ0n) is 16.4. The van der Waals surface area contributed by atoms with Crippen molar-refractivity contribution in [1.82, 2.24) is 0 Å². The van der Waals surface area contributed by atoms with Gasteiger partial charge in [-0.15, -0.1) is 11.3 Å². The molecular weight excluding hydrogens is 446 g/mol. The number of carbonyl (C=O) groups excluding carboxylic acids is 1. The lowest BCUT2D eigenvalue weighted by Gasteiger charge is -2.17. The van der Waals surface area contributed by atoms with Crippen LogP contribution in [0, 0.1) is 10.1 Å². The van der Waals surface area contributed by atoms with E-state index in [0.717, 1.165) is 10.1 Å². The first-order valence-electron chi connectivity index (χ1n) is 9.65. The monoisotopic (exact) mass is 459 g/mol. The van der Waals surface area contributed by atoms with Gasteiger partial charge in [-0.3, -0.25) is 19.8 Å². The molecule has 0 radical (unpaired) electrons. The van der Waals surface area contributed by atoms with E-state index in [4.69, 9.17) is 11.6 Å². The quantitative estimate of drug-likeness (QED) is 0.204. The number of thiophene rings is 1. The van der Waals surface area contributed by atoms with E-state index >= 15 is 0 Å². The van der Waals surface area contributed by atoms with E-state index in [9.17, 15) is 14.9 Å². The summed E-state index contributed by atoms with van der Waals surface area (Å²) >= 11 is 8.14. The maximum Gasteiger partial charge on any atom is 0.282 e. The van der Waals surface area contributed by atoms with E-state index in [-0.39, 0.29) is 17.3 Å². The summed E-state index contributed by atoms with van der Waals surface area (Å²) in [4.78, 5) is 31.1. The number of para-hydroxylation sites is 2. The van der Waals surface area contributed by atoms with Crippen molar-refractivity contribution in [3.8, 4) is 0 Å². The van der Waals surface area contributed by atoms with Crippen LogP contribution in [0.1, 0.15) is 10.4 Å². The second-order valence-electron chi connectivity index (χ2n) is 7.00. The molecule has 8 heteroatoms. The molecule has 3 aromatic carbocycles. The molecule has 1 aliphatic rings. The lowest BCUT2D eigenvalue weighted by atomic mass is 10.1. The number of amidine groups is 1. The van der Waals surface area contributed by atoms with Crippen molar-refractivity contribution in [3.63, 3.8) is 0 Å². The smallest absolute Gasteiger partial charge is 0.266 e. The number of fused-ring (bicyclic) bond motifs is 1. The largest absolute Gasteiger partial charge is 0.282 e. The molecule has 0 N–H and O–H groups in total. The number of amides is 1. The maximum atomic E-state index is 13.4. The average Bonchev–Trinajstić information content (AvgIpc) is 3.31. The molecule has 0 unspecified atom stereocenters. The molecule has 1 aromatic heterocycles. The van der Waals surface area contributed by atoms with E-state index in [1.165, 1.54) is 28.4 Å². The first kappa shape index (κ1) is 20.1. The molecule has 0 saturated carbocycles. The third kappa shape index (κ3) is 3.37. The summed E-state index contributed by atoms with van der Waals surface area (Å²) in [6, 6.07) is 23.1. The number of anilines is 1. The van der Waals surface area contributed by atoms with Crippen LogP contribution in [0.2, 0.25) is 5.02 Å². The molecule has 1 amide bonds. The predicted molar refractivity (Wildman–Crippen MR) is 128 cm³/mol. The number of nitro benzene ring substituents is 1. The Kier molecular flexibility index (Phi) is 5.05. The van der Waals surface area contributed by atoms with E-state index in [1.807, 2.05) is 54.6 Å². The zero-order valence-corrected chi connectivity index (χ0v) is 18.0. The summed E-state index contributed by atoms with van der Waals surface area (Å²) in [7, 11) is 0. The number of nitrogens with zero attached hydrogens (tertiary/aromatic N) is 3. The zero-order chi connectivity index (χ0) is 22.2. The number of hydrogen-bond donors (Lipinski definition) is 0. The normalized spacial score (nSPS) is 14.9. The highest BCUT2D eigenvalue weighted by Crippen LogP contribution is 2.39. The Hall–Kier alpha value is -3.81. The summed E-state index contributed by atoms with van der Waals surface area (Å²) in [6.07, 6.45) is 1.45. The number of rotatable bonds is 4. The Labute approximate surface area is 191 Å². The molecule has 6 nitrogen and oxygen atoms in total. The van der Waals surface area contributed by atoms with Crippen molar-refractivity contribution in [3.05, 3.63) is 110 Å². The Balaban J connectivity index is 1.71. The fraction of sp³-hybridized carbons (Fsp3) is 0. The lowest BCUT2D eigenvalue weighted by molar-refractivity contribution is -0.385. The van der Waals surface area contributed by atoms with Gasteiger partial charge in [0.2, 0.25) is 0 Å². The lowest BCUT2D eigenvalue weighted by Crippen LogP contribution is -2.32. The van der Waals surface area contributed by atoms with Gasteiger partial charge >= 0.3 is 0 Å². The van der Waals surface area contributed by atoms with Gasteiger partial charge < -0.3 is 0 Å². The molecule has 2 heterocycles. The van der Waals surface area contributed by atoms with Gasteiger partial charge in [0.15, 0.2) is 5.84 Å². The van der Waals surface area contributed by atoms with Crippen LogP contribution in [-0.4, -0.2) is 16.7 Å². The van der Waals surface area contributed by atoms with Gasteiger partial charge in [0, 0.05) is 16.2 Å². The molecule has 0 aliphatic carbocycles. The molecule has 5 rings (SSSR count). The summed E-state index contributed by atoms with van der Waals surface area (Å²) in [6.45, 7) is 0. The summed E-state index contributed by atoms with van der Waals surface area (Å²) < 4.78 is 0.979. The number of nitro groups is 1. The predicted octanol–water partition coefficient (Wildman–Crippen LogP) is 6.30. The van der Waals surface area contributed by atoms with E-state index in [1.54, 1.807) is 18.2 Å². The van der Waals surface area contributed by atoms with Gasteiger partial charge in [0.1, 0.15) is 5.70 Å². The minimum atomic E-state index is -0.478. The second kappa shape index (κ2) is 8.03. The first-order valence-corrected chi connectivity index (χ1v) is 10.8. The summed E-state index contributed by atoms with van der Waals surface area (Å²) in [5.74, 6) is 0.0232. The molecule has 0 atom stereocenters. The van der Waals surface area contributed by atoms with E-state index in [0.29, 0.717) is 27.0 Å². The summed E-state index contributed by atoms with van der Waals surface area (Å²) in [5.41, 5.74) is 0.950. The molecule has 0 spiro atoms. The van der Waals surface area contributed by atoms with Crippen LogP contribution < -0.4 is 4.90 Å². The number of aliphatic imine (C=N–C) groups is 1. The van der Waals surface area contributed by atoms with Gasteiger partial charge in [-0.25, -0.2) is 4.99 Å². The van der Waals surface area contributed by atoms with Gasteiger partial charge in [-0.05, 0) is 30.3 Å². The Bertz CT molecular complexity index is 1440. The SMILES string of the molecule is O=C1/C(=C\c2ccccc2[N+](=O)[O-])N=C(c2sc3ccccc3c2Cl)N1c1ccccc1. The van der Waals surface area contributed by atoms with Crippen LogP contribution in [0.25, 0.3) is 16.2 Å².